The zero-order chi connectivity index (χ0) is 17.6. The SMILES string of the molecule is C[NH+](CC(=O)Nc1ccc(CC#N)cc1)[C@H]1CCCc2ccccc21. The fourth-order valence-electron chi connectivity index (χ4n) is 3.64. The summed E-state index contributed by atoms with van der Waals surface area (Å²) in [4.78, 5) is 13.6. The van der Waals surface area contributed by atoms with Gasteiger partial charge in [-0.3, -0.25) is 4.79 Å². The molecule has 4 nitrogen and oxygen atoms in total. The normalized spacial score (nSPS) is 17.2. The minimum atomic E-state index is 0.0218. The van der Waals surface area contributed by atoms with Crippen LogP contribution in [0.4, 0.5) is 5.69 Å². The third-order valence-corrected chi connectivity index (χ3v) is 4.92. The summed E-state index contributed by atoms with van der Waals surface area (Å²) in [6, 6.07) is 18.6. The highest BCUT2D eigenvalue weighted by Gasteiger charge is 2.27. The number of fused-ring (bicyclic) bond motifs is 1. The van der Waals surface area contributed by atoms with Crippen LogP contribution in [-0.2, 0) is 17.6 Å². The molecule has 128 valence electrons. The van der Waals surface area contributed by atoms with E-state index < -0.39 is 0 Å². The van der Waals surface area contributed by atoms with Crippen LogP contribution in [0.1, 0.15) is 35.6 Å². The van der Waals surface area contributed by atoms with E-state index in [9.17, 15) is 4.79 Å². The van der Waals surface area contributed by atoms with Gasteiger partial charge in [0.05, 0.1) is 19.5 Å². The number of anilines is 1. The summed E-state index contributed by atoms with van der Waals surface area (Å²) in [6.45, 7) is 0.443. The van der Waals surface area contributed by atoms with Crippen molar-refractivity contribution in [3.05, 3.63) is 65.2 Å². The standard InChI is InChI=1S/C21H23N3O/c1-24(20-8-4-6-17-5-2-3-7-19(17)20)15-21(25)23-18-11-9-16(10-12-18)13-14-22/h2-3,5,7,9-12,20H,4,6,8,13,15H2,1H3,(H,23,25)/p+1/t20-/m0/s1. The third kappa shape index (κ3) is 4.26. The zero-order valence-corrected chi connectivity index (χ0v) is 14.6. The number of amides is 1. The Morgan fingerprint density at radius 3 is 2.76 bits per heavy atom. The molecule has 0 aromatic heterocycles. The van der Waals surface area contributed by atoms with Crippen molar-refractivity contribution >= 4 is 11.6 Å². The van der Waals surface area contributed by atoms with Gasteiger partial charge in [-0.15, -0.1) is 0 Å². The second-order valence-corrected chi connectivity index (χ2v) is 6.75. The van der Waals surface area contributed by atoms with Crippen LogP contribution in [0, 0.1) is 11.3 Å². The molecule has 2 N–H and O–H groups in total. The van der Waals surface area contributed by atoms with Crippen LogP contribution in [0.15, 0.2) is 48.5 Å². The number of quaternary nitrogens is 1. The van der Waals surface area contributed by atoms with Crippen molar-refractivity contribution in [2.75, 3.05) is 18.9 Å². The molecule has 1 amide bonds. The highest BCUT2D eigenvalue weighted by atomic mass is 16.2. The molecular weight excluding hydrogens is 310 g/mol. The molecule has 1 aliphatic rings. The fraction of sp³-hybridized carbons (Fsp3) is 0.333. The molecule has 2 atom stereocenters. The zero-order valence-electron chi connectivity index (χ0n) is 14.6. The lowest BCUT2D eigenvalue weighted by Crippen LogP contribution is -3.10. The monoisotopic (exact) mass is 334 g/mol. The van der Waals surface area contributed by atoms with Crippen LogP contribution in [-0.4, -0.2) is 19.5 Å². The number of likely N-dealkylation sites (N-methyl/N-ethyl adjacent to an activating group) is 1. The largest absolute Gasteiger partial charge is 0.323 e. The van der Waals surface area contributed by atoms with Crippen LogP contribution < -0.4 is 10.2 Å². The Balaban J connectivity index is 1.60. The van der Waals surface area contributed by atoms with Gasteiger partial charge in [0.25, 0.3) is 5.91 Å². The fourth-order valence-corrected chi connectivity index (χ4v) is 3.64. The molecule has 0 saturated carbocycles. The summed E-state index contributed by atoms with van der Waals surface area (Å²) >= 11 is 0. The first-order valence-corrected chi connectivity index (χ1v) is 8.83. The van der Waals surface area contributed by atoms with E-state index in [0.717, 1.165) is 24.1 Å². The molecule has 0 bridgehead atoms. The molecule has 0 spiro atoms. The molecule has 0 aliphatic heterocycles. The molecule has 0 saturated heterocycles. The number of nitrogens with zero attached hydrogens (tertiary/aromatic N) is 1. The summed E-state index contributed by atoms with van der Waals surface area (Å²) in [5.41, 5.74) is 4.55. The molecule has 25 heavy (non-hydrogen) atoms. The van der Waals surface area contributed by atoms with E-state index in [1.54, 1.807) is 0 Å². The number of aryl methyl sites for hydroxylation is 1. The predicted molar refractivity (Wildman–Crippen MR) is 98.3 cm³/mol. The quantitative estimate of drug-likeness (QED) is 0.881. The van der Waals surface area contributed by atoms with E-state index in [4.69, 9.17) is 5.26 Å². The number of hydrogen-bond donors (Lipinski definition) is 2. The van der Waals surface area contributed by atoms with Crippen molar-refractivity contribution in [2.24, 2.45) is 0 Å². The molecule has 2 aromatic rings. The van der Waals surface area contributed by atoms with Gasteiger partial charge in [0.1, 0.15) is 6.04 Å². The molecule has 0 radical (unpaired) electrons. The second kappa shape index (κ2) is 7.96. The molecule has 0 fully saturated rings. The molecule has 3 rings (SSSR count). The number of rotatable bonds is 5. The van der Waals surface area contributed by atoms with E-state index in [2.05, 4.69) is 42.7 Å². The van der Waals surface area contributed by atoms with Crippen LogP contribution >= 0.6 is 0 Å². The number of carbonyl (C=O) groups excluding carboxylic acids is 1. The van der Waals surface area contributed by atoms with E-state index in [-0.39, 0.29) is 5.91 Å². The summed E-state index contributed by atoms with van der Waals surface area (Å²) in [7, 11) is 2.10. The van der Waals surface area contributed by atoms with Crippen molar-refractivity contribution < 1.29 is 9.69 Å². The lowest BCUT2D eigenvalue weighted by Gasteiger charge is -2.30. The summed E-state index contributed by atoms with van der Waals surface area (Å²) in [6.07, 6.45) is 3.84. The number of carbonyl (C=O) groups is 1. The molecule has 2 aromatic carbocycles. The highest BCUT2D eigenvalue weighted by Crippen LogP contribution is 2.27. The van der Waals surface area contributed by atoms with Gasteiger partial charge in [-0.2, -0.15) is 5.26 Å². The van der Waals surface area contributed by atoms with Gasteiger partial charge in [0, 0.05) is 17.7 Å². The van der Waals surface area contributed by atoms with E-state index in [0.29, 0.717) is 19.0 Å². The average molecular weight is 334 g/mol. The van der Waals surface area contributed by atoms with E-state index >= 15 is 0 Å². The maximum absolute atomic E-state index is 12.4. The Labute approximate surface area is 149 Å². The van der Waals surface area contributed by atoms with Gasteiger partial charge in [0.15, 0.2) is 6.54 Å². The number of nitriles is 1. The first kappa shape index (κ1) is 17.2. The summed E-state index contributed by atoms with van der Waals surface area (Å²) in [5, 5.41) is 11.7. The van der Waals surface area contributed by atoms with Gasteiger partial charge in [-0.25, -0.2) is 0 Å². The van der Waals surface area contributed by atoms with Crippen molar-refractivity contribution in [1.82, 2.24) is 0 Å². The minimum absolute atomic E-state index is 0.0218. The predicted octanol–water partition coefficient (Wildman–Crippen LogP) is 2.28. The second-order valence-electron chi connectivity index (χ2n) is 6.75. The van der Waals surface area contributed by atoms with Gasteiger partial charge in [-0.1, -0.05) is 36.4 Å². The summed E-state index contributed by atoms with van der Waals surface area (Å²) < 4.78 is 0. The maximum atomic E-state index is 12.4. The first-order chi connectivity index (χ1) is 12.2. The van der Waals surface area contributed by atoms with Crippen molar-refractivity contribution in [3.8, 4) is 6.07 Å². The van der Waals surface area contributed by atoms with Crippen molar-refractivity contribution in [3.63, 3.8) is 0 Å². The number of benzene rings is 2. The molecular formula is C21H24N3O+. The molecule has 1 unspecified atom stereocenters. The Morgan fingerprint density at radius 1 is 1.24 bits per heavy atom. The van der Waals surface area contributed by atoms with Crippen LogP contribution in [0.2, 0.25) is 0 Å². The Morgan fingerprint density at radius 2 is 2.00 bits per heavy atom. The van der Waals surface area contributed by atoms with Gasteiger partial charge >= 0.3 is 0 Å². The highest BCUT2D eigenvalue weighted by molar-refractivity contribution is 5.91. The van der Waals surface area contributed by atoms with E-state index in [1.807, 2.05) is 24.3 Å². The first-order valence-electron chi connectivity index (χ1n) is 8.83. The summed E-state index contributed by atoms with van der Waals surface area (Å²) in [5.74, 6) is 0.0218. The van der Waals surface area contributed by atoms with Crippen molar-refractivity contribution in [1.29, 1.82) is 5.26 Å². The number of hydrogen-bond acceptors (Lipinski definition) is 2. The minimum Gasteiger partial charge on any atom is -0.323 e. The molecule has 4 heteroatoms. The molecule has 0 heterocycles. The average Bonchev–Trinajstić information content (AvgIpc) is 2.63. The number of nitrogens with one attached hydrogen (secondary N) is 2. The smallest absolute Gasteiger partial charge is 0.279 e. The van der Waals surface area contributed by atoms with Crippen LogP contribution in [0.25, 0.3) is 0 Å². The lowest BCUT2D eigenvalue weighted by molar-refractivity contribution is -0.905. The van der Waals surface area contributed by atoms with Crippen LogP contribution in [0.5, 0.6) is 0 Å². The van der Waals surface area contributed by atoms with Gasteiger partial charge < -0.3 is 10.2 Å². The Kier molecular flexibility index (Phi) is 5.47. The molecule has 1 aliphatic carbocycles. The van der Waals surface area contributed by atoms with Gasteiger partial charge in [-0.05, 0) is 36.1 Å². The van der Waals surface area contributed by atoms with Gasteiger partial charge in [0.2, 0.25) is 0 Å². The third-order valence-electron chi connectivity index (χ3n) is 4.92. The van der Waals surface area contributed by atoms with E-state index in [1.165, 1.54) is 22.4 Å². The van der Waals surface area contributed by atoms with Crippen molar-refractivity contribution in [2.45, 2.75) is 31.7 Å². The van der Waals surface area contributed by atoms with Crippen LogP contribution in [0.3, 0.4) is 0 Å². The Bertz CT molecular complexity index is 776. The Hall–Kier alpha value is -2.64. The lowest BCUT2D eigenvalue weighted by atomic mass is 9.87. The topological polar surface area (TPSA) is 57.3 Å². The maximum Gasteiger partial charge on any atom is 0.279 e.